The van der Waals surface area contributed by atoms with Crippen LogP contribution in [0.5, 0.6) is 0 Å². The van der Waals surface area contributed by atoms with Crippen molar-refractivity contribution in [2.24, 2.45) is 0 Å². The molecule has 0 bridgehead atoms. The molecule has 172 valence electrons. The average molecular weight is 482 g/mol. The summed E-state index contributed by atoms with van der Waals surface area (Å²) in [5.41, 5.74) is 4.43. The summed E-state index contributed by atoms with van der Waals surface area (Å²) in [7, 11) is 0. The minimum atomic E-state index is -0.819. The van der Waals surface area contributed by atoms with Gasteiger partial charge in [-0.2, -0.15) is 0 Å². The fourth-order valence-electron chi connectivity index (χ4n) is 4.24. The third-order valence-electron chi connectivity index (χ3n) is 5.74. The predicted molar refractivity (Wildman–Crippen MR) is 136 cm³/mol. The lowest BCUT2D eigenvalue weighted by molar-refractivity contribution is -0.122. The van der Waals surface area contributed by atoms with Crippen molar-refractivity contribution in [1.82, 2.24) is 9.88 Å². The van der Waals surface area contributed by atoms with Crippen molar-refractivity contribution in [3.63, 3.8) is 0 Å². The van der Waals surface area contributed by atoms with Gasteiger partial charge in [0, 0.05) is 22.0 Å². The first-order valence-corrected chi connectivity index (χ1v) is 11.3. The first kappa shape index (κ1) is 22.4. The van der Waals surface area contributed by atoms with Gasteiger partial charge in [-0.1, -0.05) is 66.2 Å². The van der Waals surface area contributed by atoms with E-state index < -0.39 is 17.8 Å². The highest BCUT2D eigenvalue weighted by Gasteiger charge is 2.37. The van der Waals surface area contributed by atoms with Gasteiger partial charge >= 0.3 is 6.03 Å². The van der Waals surface area contributed by atoms with Crippen molar-refractivity contribution in [1.29, 1.82) is 0 Å². The number of amides is 4. The van der Waals surface area contributed by atoms with Crippen LogP contribution in [-0.2, 0) is 9.59 Å². The van der Waals surface area contributed by atoms with Gasteiger partial charge in [0.1, 0.15) is 5.57 Å². The topological polar surface area (TPSA) is 71.4 Å². The van der Waals surface area contributed by atoms with Crippen LogP contribution in [0, 0.1) is 6.92 Å². The van der Waals surface area contributed by atoms with Crippen molar-refractivity contribution in [3.8, 4) is 16.9 Å². The number of carbonyl (C=O) groups excluding carboxylic acids is 3. The molecule has 1 saturated heterocycles. The molecule has 1 aromatic heterocycles. The Labute approximate surface area is 207 Å². The van der Waals surface area contributed by atoms with Gasteiger partial charge in [-0.3, -0.25) is 14.9 Å². The number of benzene rings is 3. The smallest absolute Gasteiger partial charge is 0.313 e. The lowest BCUT2D eigenvalue weighted by atomic mass is 10.0. The number of aryl methyl sites for hydroxylation is 1. The number of para-hydroxylation sites is 1. The van der Waals surface area contributed by atoms with Crippen LogP contribution in [0.15, 0.2) is 96.6 Å². The highest BCUT2D eigenvalue weighted by atomic mass is 35.5. The second kappa shape index (κ2) is 9.08. The van der Waals surface area contributed by atoms with Gasteiger partial charge in [-0.05, 0) is 55.0 Å². The summed E-state index contributed by atoms with van der Waals surface area (Å²) in [6, 6.07) is 27.0. The highest BCUT2D eigenvalue weighted by Crippen LogP contribution is 2.33. The van der Waals surface area contributed by atoms with Crippen molar-refractivity contribution in [3.05, 3.63) is 113 Å². The van der Waals surface area contributed by atoms with Crippen LogP contribution in [0.1, 0.15) is 11.3 Å². The number of carbonyl (C=O) groups is 3. The number of rotatable bonds is 4. The summed E-state index contributed by atoms with van der Waals surface area (Å²) in [6.45, 7) is 1.96. The van der Waals surface area contributed by atoms with E-state index >= 15 is 0 Å². The van der Waals surface area contributed by atoms with E-state index in [1.807, 2.05) is 73.7 Å². The average Bonchev–Trinajstić information content (AvgIpc) is 3.18. The molecular formula is C28H20ClN3O3. The summed E-state index contributed by atoms with van der Waals surface area (Å²) < 4.78 is 2.08. The predicted octanol–water partition coefficient (Wildman–Crippen LogP) is 5.77. The number of nitrogens with one attached hydrogen (secondary N) is 1. The van der Waals surface area contributed by atoms with Crippen molar-refractivity contribution >= 4 is 41.2 Å². The lowest BCUT2D eigenvalue weighted by Crippen LogP contribution is -2.54. The van der Waals surface area contributed by atoms with Gasteiger partial charge in [0.25, 0.3) is 11.8 Å². The monoisotopic (exact) mass is 481 g/mol. The molecule has 1 aliphatic heterocycles. The van der Waals surface area contributed by atoms with Crippen LogP contribution in [0.2, 0.25) is 5.02 Å². The minimum absolute atomic E-state index is 0.146. The number of aromatic nitrogens is 1. The van der Waals surface area contributed by atoms with E-state index in [-0.39, 0.29) is 11.3 Å². The largest absolute Gasteiger partial charge is 0.335 e. The highest BCUT2D eigenvalue weighted by molar-refractivity contribution is 6.39. The van der Waals surface area contributed by atoms with Gasteiger partial charge in [-0.15, -0.1) is 0 Å². The van der Waals surface area contributed by atoms with Crippen LogP contribution >= 0.6 is 11.6 Å². The van der Waals surface area contributed by atoms with Crippen molar-refractivity contribution in [2.45, 2.75) is 6.92 Å². The molecular weight excluding hydrogens is 462 g/mol. The normalized spacial score (nSPS) is 15.0. The zero-order valence-corrected chi connectivity index (χ0v) is 19.5. The summed E-state index contributed by atoms with van der Waals surface area (Å²) in [6.07, 6.45) is 1.54. The maximum absolute atomic E-state index is 13.4. The Kier molecular flexibility index (Phi) is 5.81. The van der Waals surface area contributed by atoms with Crippen molar-refractivity contribution in [2.75, 3.05) is 4.90 Å². The summed E-state index contributed by atoms with van der Waals surface area (Å²) in [5, 5.41) is 2.64. The van der Waals surface area contributed by atoms with Crippen LogP contribution in [-0.4, -0.2) is 22.4 Å². The van der Waals surface area contributed by atoms with E-state index in [1.54, 1.807) is 18.2 Å². The van der Waals surface area contributed by atoms with Crippen LogP contribution in [0.4, 0.5) is 10.5 Å². The number of hydrogen-bond acceptors (Lipinski definition) is 3. The maximum Gasteiger partial charge on any atom is 0.335 e. The van der Waals surface area contributed by atoms with Gasteiger partial charge in [-0.25, -0.2) is 9.69 Å². The molecule has 35 heavy (non-hydrogen) atoms. The molecule has 0 spiro atoms. The number of anilines is 1. The lowest BCUT2D eigenvalue weighted by Gasteiger charge is -2.26. The fourth-order valence-corrected chi connectivity index (χ4v) is 4.42. The Morgan fingerprint density at radius 1 is 0.800 bits per heavy atom. The Balaban J connectivity index is 1.68. The molecule has 1 N–H and O–H groups in total. The van der Waals surface area contributed by atoms with Gasteiger partial charge < -0.3 is 4.57 Å². The molecule has 1 fully saturated rings. The molecule has 5 rings (SSSR count). The molecule has 4 aromatic rings. The number of hydrogen-bond donors (Lipinski definition) is 1. The molecule has 0 aliphatic carbocycles. The maximum atomic E-state index is 13.4. The molecule has 0 unspecified atom stereocenters. The number of barbiturate groups is 1. The van der Waals surface area contributed by atoms with Crippen LogP contribution in [0.25, 0.3) is 23.0 Å². The summed E-state index contributed by atoms with van der Waals surface area (Å²) in [5.74, 6) is -1.47. The second-order valence-corrected chi connectivity index (χ2v) is 8.50. The molecule has 0 radical (unpaired) electrons. The first-order chi connectivity index (χ1) is 16.9. The van der Waals surface area contributed by atoms with Crippen LogP contribution in [0.3, 0.4) is 0 Å². The Bertz CT molecular complexity index is 1490. The number of nitrogens with zero attached hydrogens (tertiary/aromatic N) is 2. The van der Waals surface area contributed by atoms with Gasteiger partial charge in [0.2, 0.25) is 0 Å². The molecule has 7 heteroatoms. The van der Waals surface area contributed by atoms with Gasteiger partial charge in [0.15, 0.2) is 0 Å². The van der Waals surface area contributed by atoms with E-state index in [2.05, 4.69) is 9.88 Å². The summed E-state index contributed by atoms with van der Waals surface area (Å²) >= 11 is 6.07. The molecule has 4 amide bonds. The third kappa shape index (κ3) is 4.16. The van der Waals surface area contributed by atoms with E-state index in [9.17, 15) is 14.4 Å². The van der Waals surface area contributed by atoms with E-state index in [4.69, 9.17) is 11.6 Å². The third-order valence-corrected chi connectivity index (χ3v) is 5.98. The van der Waals surface area contributed by atoms with Crippen LogP contribution < -0.4 is 10.2 Å². The Morgan fingerprint density at radius 3 is 2.14 bits per heavy atom. The standard InChI is InChI=1S/C28H20ClN3O3/c1-18-15-20(25(19-9-4-2-5-10-19)31(18)22-12-6-3-7-13-22)16-24-26(33)30-28(35)32(27(24)34)23-14-8-11-21(29)17-23/h2-17H,1H3,(H,30,33,35)/b24-16+. The van der Waals surface area contributed by atoms with E-state index in [1.165, 1.54) is 12.1 Å². The molecule has 2 heterocycles. The molecule has 0 atom stereocenters. The molecule has 0 saturated carbocycles. The quantitative estimate of drug-likeness (QED) is 0.297. The number of imide groups is 2. The van der Waals surface area contributed by atoms with E-state index in [0.717, 1.165) is 27.5 Å². The first-order valence-electron chi connectivity index (χ1n) is 10.9. The SMILES string of the molecule is Cc1cc(/C=C2\C(=O)NC(=O)N(c3cccc(Cl)c3)C2=O)c(-c2ccccc2)n1-c1ccccc1. The fraction of sp³-hybridized carbons (Fsp3) is 0.0357. The number of urea groups is 1. The molecule has 6 nitrogen and oxygen atoms in total. The molecule has 1 aliphatic rings. The summed E-state index contributed by atoms with van der Waals surface area (Å²) in [4.78, 5) is 39.7. The Morgan fingerprint density at radius 2 is 1.46 bits per heavy atom. The zero-order chi connectivity index (χ0) is 24.5. The Hall–Kier alpha value is -4.42. The minimum Gasteiger partial charge on any atom is -0.313 e. The van der Waals surface area contributed by atoms with Crippen molar-refractivity contribution < 1.29 is 14.4 Å². The van der Waals surface area contributed by atoms with E-state index in [0.29, 0.717) is 10.6 Å². The zero-order valence-electron chi connectivity index (χ0n) is 18.7. The second-order valence-electron chi connectivity index (χ2n) is 8.06. The van der Waals surface area contributed by atoms with Gasteiger partial charge in [0.05, 0.1) is 11.4 Å². The number of halogens is 1. The molecule has 3 aromatic carbocycles.